The van der Waals surface area contributed by atoms with E-state index in [0.717, 1.165) is 115 Å². The number of thiazole rings is 1. The summed E-state index contributed by atoms with van der Waals surface area (Å²) in [7, 11) is 2.12. The number of carboxylic acid groups (broad SMARTS) is 1. The molecule has 0 radical (unpaired) electrons. The lowest BCUT2D eigenvalue weighted by atomic mass is 9.64. The number of pyridine rings is 1. The summed E-state index contributed by atoms with van der Waals surface area (Å²) in [5.41, 5.74) is 5.48. The van der Waals surface area contributed by atoms with Gasteiger partial charge in [-0.3, -0.25) is 4.68 Å². The summed E-state index contributed by atoms with van der Waals surface area (Å²) in [6, 6.07) is 11.8. The zero-order valence-electron chi connectivity index (χ0n) is 42.6. The summed E-state index contributed by atoms with van der Waals surface area (Å²) in [6.45, 7) is 20.7. The molecule has 4 saturated carbocycles. The van der Waals surface area contributed by atoms with Gasteiger partial charge in [-0.2, -0.15) is 5.10 Å². The Morgan fingerprint density at radius 3 is 2.14 bits per heavy atom. The van der Waals surface area contributed by atoms with Gasteiger partial charge in [0.2, 0.25) is 0 Å². The third-order valence-electron chi connectivity index (χ3n) is 15.6. The highest BCUT2D eigenvalue weighted by Crippen LogP contribution is 2.78. The van der Waals surface area contributed by atoms with Crippen LogP contribution in [0.2, 0.25) is 0 Å². The fraction of sp³-hybridized carbons (Fsp3) is 0.623. The van der Waals surface area contributed by atoms with Crippen molar-refractivity contribution in [2.75, 3.05) is 110 Å². The first-order valence-corrected chi connectivity index (χ1v) is 26.4. The summed E-state index contributed by atoms with van der Waals surface area (Å²) in [5, 5.41) is 29.0. The zero-order chi connectivity index (χ0) is 49.6. The molecule has 71 heavy (non-hydrogen) atoms. The van der Waals surface area contributed by atoms with E-state index < -0.39 is 5.97 Å². The van der Waals surface area contributed by atoms with Crippen LogP contribution in [0.25, 0.3) is 21.3 Å². The highest BCUT2D eigenvalue weighted by Gasteiger charge is 2.73. The van der Waals surface area contributed by atoms with Gasteiger partial charge in [-0.1, -0.05) is 44.2 Å². The van der Waals surface area contributed by atoms with Crippen molar-refractivity contribution in [1.29, 1.82) is 0 Å². The molecule has 5 aliphatic rings. The second-order valence-electron chi connectivity index (χ2n) is 20.9. The minimum atomic E-state index is -1.09. The van der Waals surface area contributed by atoms with Gasteiger partial charge in [0.25, 0.3) is 0 Å². The molecule has 384 valence electrons. The summed E-state index contributed by atoms with van der Waals surface area (Å²) in [6.07, 6.45) is 9.94. The second kappa shape index (κ2) is 22.2. The van der Waals surface area contributed by atoms with Crippen LogP contribution in [0.5, 0.6) is 0 Å². The van der Waals surface area contributed by atoms with Gasteiger partial charge >= 0.3 is 5.97 Å². The molecule has 2 unspecified atom stereocenters. The van der Waals surface area contributed by atoms with E-state index in [-0.39, 0.29) is 27.5 Å². The molecule has 1 aromatic carbocycles. The first-order valence-electron chi connectivity index (χ1n) is 25.6. The molecule has 0 spiro atoms. The van der Waals surface area contributed by atoms with E-state index in [1.165, 1.54) is 0 Å². The number of hydrogen-bond acceptors (Lipinski definition) is 16. The minimum Gasteiger partial charge on any atom is -0.476 e. The van der Waals surface area contributed by atoms with Crippen LogP contribution in [0.3, 0.4) is 0 Å². The molecule has 4 aliphatic carbocycles. The van der Waals surface area contributed by atoms with Crippen molar-refractivity contribution in [3.05, 3.63) is 65.1 Å². The van der Waals surface area contributed by atoms with Crippen LogP contribution >= 0.6 is 11.3 Å². The predicted octanol–water partition coefficient (Wildman–Crippen LogP) is 8.66. The van der Waals surface area contributed by atoms with Gasteiger partial charge < -0.3 is 48.6 Å². The third kappa shape index (κ3) is 11.3. The van der Waals surface area contributed by atoms with E-state index in [2.05, 4.69) is 65.9 Å². The molecule has 18 heteroatoms. The van der Waals surface area contributed by atoms with E-state index in [0.29, 0.717) is 95.6 Å². The molecule has 4 atom stereocenters. The number of nitrogens with one attached hydrogen (secondary N) is 1. The average Bonchev–Trinajstić information content (AvgIpc) is 4.00. The Labute approximate surface area is 421 Å². The van der Waals surface area contributed by atoms with Gasteiger partial charge in [-0.15, -0.1) is 10.2 Å². The number of nitrogens with zero attached hydrogens (tertiary/aromatic N) is 8. The molecular weight excluding hydrogens is 923 g/mol. The number of ether oxygens (including phenoxy) is 6. The molecule has 2 N–H and O–H groups in total. The molecule has 5 aromatic rings. The van der Waals surface area contributed by atoms with Crippen LogP contribution in [-0.2, 0) is 41.4 Å². The van der Waals surface area contributed by atoms with E-state index in [1.54, 1.807) is 11.3 Å². The number of anilines is 4. The van der Waals surface area contributed by atoms with Crippen molar-refractivity contribution < 1.29 is 38.3 Å². The van der Waals surface area contributed by atoms with Crippen molar-refractivity contribution in [2.24, 2.45) is 16.2 Å². The fourth-order valence-electron chi connectivity index (χ4n) is 12.4. The lowest BCUT2D eigenvalue weighted by Crippen LogP contribution is -2.47. The smallest absolute Gasteiger partial charge is 0.355 e. The molecule has 1 aliphatic heterocycles. The van der Waals surface area contributed by atoms with Crippen molar-refractivity contribution >= 4 is 50.1 Å². The van der Waals surface area contributed by atoms with E-state index in [4.69, 9.17) is 43.5 Å². The maximum atomic E-state index is 13.0. The highest BCUT2D eigenvalue weighted by molar-refractivity contribution is 7.22. The minimum absolute atomic E-state index is 0.00820. The molecule has 5 heterocycles. The van der Waals surface area contributed by atoms with Crippen molar-refractivity contribution in [1.82, 2.24) is 34.8 Å². The molecule has 4 aromatic heterocycles. The lowest BCUT2D eigenvalue weighted by molar-refractivity contribution is -0.119. The van der Waals surface area contributed by atoms with E-state index >= 15 is 0 Å². The molecule has 4 bridgehead atoms. The van der Waals surface area contributed by atoms with Crippen LogP contribution in [0, 0.1) is 30.1 Å². The number of fused-ring (bicyclic) bond motifs is 2. The number of rotatable bonds is 28. The third-order valence-corrected chi connectivity index (χ3v) is 16.5. The maximum Gasteiger partial charge on any atom is 0.355 e. The summed E-state index contributed by atoms with van der Waals surface area (Å²) >= 11 is 1.57. The normalized spacial score (nSPS) is 23.4. The topological polar surface area (TPSA) is 181 Å². The van der Waals surface area contributed by atoms with Gasteiger partial charge in [-0.05, 0) is 113 Å². The van der Waals surface area contributed by atoms with Crippen LogP contribution in [0.1, 0.15) is 93.0 Å². The van der Waals surface area contributed by atoms with E-state index in [1.807, 2.05) is 48.4 Å². The summed E-state index contributed by atoms with van der Waals surface area (Å²) < 4.78 is 38.2. The van der Waals surface area contributed by atoms with Gasteiger partial charge in [0, 0.05) is 60.7 Å². The Balaban J connectivity index is 0.769. The Hall–Kier alpha value is -4.66. The van der Waals surface area contributed by atoms with E-state index in [9.17, 15) is 9.90 Å². The number of carbonyl (C=O) groups is 1. The quantitative estimate of drug-likeness (QED) is 0.0454. The number of carboxylic acids is 1. The van der Waals surface area contributed by atoms with Crippen molar-refractivity contribution in [2.45, 2.75) is 98.1 Å². The molecule has 10 rings (SSSR count). The second-order valence-corrected chi connectivity index (χ2v) is 21.9. The molecule has 0 saturated heterocycles. The molecule has 0 amide bonds. The monoisotopic (exact) mass is 996 g/mol. The predicted molar refractivity (Wildman–Crippen MR) is 274 cm³/mol. The zero-order valence-corrected chi connectivity index (χ0v) is 43.4. The number of likely N-dealkylation sites (N-methyl/N-ethyl adjacent to an activating group) is 1. The van der Waals surface area contributed by atoms with Gasteiger partial charge in [0.15, 0.2) is 22.5 Å². The Morgan fingerprint density at radius 2 is 1.46 bits per heavy atom. The van der Waals surface area contributed by atoms with Crippen LogP contribution in [0.4, 0.5) is 22.6 Å². The fourth-order valence-corrected chi connectivity index (χ4v) is 13.3. The summed E-state index contributed by atoms with van der Waals surface area (Å²) in [5.74, 6) is 0.804. The van der Waals surface area contributed by atoms with Gasteiger partial charge in [-0.25, -0.2) is 14.8 Å². The Kier molecular flexibility index (Phi) is 16.0. The number of hydrogen-bond donors (Lipinski definition) is 2. The average molecular weight is 996 g/mol. The van der Waals surface area contributed by atoms with Crippen LogP contribution in [-0.4, -0.2) is 151 Å². The maximum absolute atomic E-state index is 13.0. The highest BCUT2D eigenvalue weighted by atomic mass is 32.1. The van der Waals surface area contributed by atoms with Gasteiger partial charge in [0.1, 0.15) is 5.82 Å². The number of aromatic carboxylic acids is 1. The molecule has 17 nitrogen and oxygen atoms in total. The number of aromatic nitrogens is 6. The Bertz CT molecular complexity index is 2570. The lowest BCUT2D eigenvalue weighted by Gasteiger charge is -2.48. The number of benzene rings is 1. The first kappa shape index (κ1) is 51.2. The van der Waals surface area contributed by atoms with Crippen LogP contribution < -0.4 is 10.2 Å². The van der Waals surface area contributed by atoms with Gasteiger partial charge in [0.05, 0.1) is 88.1 Å². The first-order chi connectivity index (χ1) is 34.3. The summed E-state index contributed by atoms with van der Waals surface area (Å²) in [4.78, 5) is 26.8. The number of para-hydroxylation sites is 1. The standard InChI is InChI=1S/C53H73N9O8S/c1-7-19-65-22-24-67-26-28-69-29-27-68-25-23-66-20-17-60(6)18-21-70-53-33-50(4)31-52(35-53,32-51(50,5)34-53)36-62-38(3)41(30-54-62)40-14-15-44(56-45(40)48(63)64)61-16-10-11-39-37(2)46(58-59-47(39)61)57-49-55-42-12-8-9-13-43(42)71-49/h8-9,12-15,30H,7,10-11,16-29,31-36H2,1-6H3,(H,63,64)(H,55,57,58)/t50-,51+,52?,53?. The SMILES string of the molecule is CCCOCCOCCOCCOCCOCCN(C)CCOC12CC3(Cn4ncc(-c5ccc(N6CCCc7c6nnc(Nc6nc8ccccc8s6)c7C)nc5C(=O)O)c4C)C[C@@](C)(C1)[C@](C)(C3)C2. The Morgan fingerprint density at radius 1 is 0.803 bits per heavy atom. The molecule has 4 fully saturated rings. The van der Waals surface area contributed by atoms with Crippen LogP contribution in [0.15, 0.2) is 42.6 Å². The largest absolute Gasteiger partial charge is 0.476 e. The molecular formula is C53H73N9O8S. The van der Waals surface area contributed by atoms with Crippen molar-refractivity contribution in [3.8, 4) is 11.1 Å². The van der Waals surface area contributed by atoms with Crippen molar-refractivity contribution in [3.63, 3.8) is 0 Å².